The van der Waals surface area contributed by atoms with Crippen LogP contribution in [0.5, 0.6) is 0 Å². The van der Waals surface area contributed by atoms with Crippen LogP contribution in [0.4, 0.5) is 0 Å². The van der Waals surface area contributed by atoms with Gasteiger partial charge in [-0.25, -0.2) is 4.31 Å². The van der Waals surface area contributed by atoms with Crippen LogP contribution in [0.25, 0.3) is 0 Å². The zero-order valence-corrected chi connectivity index (χ0v) is 10.7. The minimum absolute atomic E-state index is 0.278. The van der Waals surface area contributed by atoms with Gasteiger partial charge in [0.15, 0.2) is 0 Å². The molecule has 5 heteroatoms. The van der Waals surface area contributed by atoms with Gasteiger partial charge in [0.2, 0.25) is 0 Å². The highest BCUT2D eigenvalue weighted by Gasteiger charge is 2.36. The summed E-state index contributed by atoms with van der Waals surface area (Å²) in [4.78, 5) is 24.8. The Morgan fingerprint density at radius 2 is 1.82 bits per heavy atom. The maximum absolute atomic E-state index is 12.0. The second-order valence-electron chi connectivity index (χ2n) is 3.47. The van der Waals surface area contributed by atoms with Crippen molar-refractivity contribution in [2.45, 2.75) is 13.3 Å². The van der Waals surface area contributed by atoms with Crippen molar-refractivity contribution in [2.24, 2.45) is 0 Å². The normalized spacial score (nSPS) is 15.4. The van der Waals surface area contributed by atoms with E-state index in [9.17, 15) is 9.59 Å². The van der Waals surface area contributed by atoms with Crippen molar-refractivity contribution in [3.05, 3.63) is 45.8 Å². The number of allylic oxidation sites excluding steroid dienone is 1. The Bertz CT molecular complexity index is 478. The molecule has 0 saturated carbocycles. The topological polar surface area (TPSA) is 37.4 Å². The highest BCUT2D eigenvalue weighted by molar-refractivity contribution is 8.01. The summed E-state index contributed by atoms with van der Waals surface area (Å²) in [5.41, 5.74) is 2.30. The van der Waals surface area contributed by atoms with Gasteiger partial charge in [-0.15, -0.1) is 0 Å². The van der Waals surface area contributed by atoms with Gasteiger partial charge in [0.25, 0.3) is 11.8 Å². The molecule has 1 aromatic rings. The zero-order valence-electron chi connectivity index (χ0n) is 9.14. The SMILES string of the molecule is CC/C(=C\Cl)SN1C(=O)c2ccccc2C1=O. The third-order valence-corrected chi connectivity index (χ3v) is 3.98. The van der Waals surface area contributed by atoms with Crippen molar-refractivity contribution in [3.63, 3.8) is 0 Å². The number of imide groups is 1. The number of nitrogens with zero attached hydrogens (tertiary/aromatic N) is 1. The fraction of sp³-hybridized carbons (Fsp3) is 0.167. The van der Waals surface area contributed by atoms with Crippen LogP contribution in [-0.2, 0) is 0 Å². The van der Waals surface area contributed by atoms with E-state index in [1.54, 1.807) is 24.3 Å². The second kappa shape index (κ2) is 4.94. The molecule has 17 heavy (non-hydrogen) atoms. The first kappa shape index (κ1) is 12.2. The molecule has 0 unspecified atom stereocenters. The van der Waals surface area contributed by atoms with Crippen molar-refractivity contribution in [1.82, 2.24) is 4.31 Å². The third kappa shape index (κ3) is 2.10. The van der Waals surface area contributed by atoms with E-state index in [0.29, 0.717) is 17.5 Å². The summed E-state index contributed by atoms with van der Waals surface area (Å²) in [5, 5.41) is 0. The largest absolute Gasteiger partial charge is 0.272 e. The van der Waals surface area contributed by atoms with Crippen LogP contribution in [0, 0.1) is 0 Å². The lowest BCUT2D eigenvalue weighted by molar-refractivity contribution is 0.0777. The number of benzene rings is 1. The highest BCUT2D eigenvalue weighted by Crippen LogP contribution is 2.33. The number of fused-ring (bicyclic) bond motifs is 1. The smallest absolute Gasteiger partial charge is 0.268 e. The highest BCUT2D eigenvalue weighted by atomic mass is 35.5. The maximum atomic E-state index is 12.0. The molecule has 0 radical (unpaired) electrons. The molecule has 0 N–H and O–H groups in total. The molecule has 1 heterocycles. The van der Waals surface area contributed by atoms with Crippen molar-refractivity contribution < 1.29 is 9.59 Å². The average Bonchev–Trinajstić information content (AvgIpc) is 2.61. The molecule has 1 aliphatic heterocycles. The molecule has 0 bridgehead atoms. The number of hydrogen-bond donors (Lipinski definition) is 0. The zero-order chi connectivity index (χ0) is 12.4. The van der Waals surface area contributed by atoms with E-state index in [2.05, 4.69) is 0 Å². The minimum Gasteiger partial charge on any atom is -0.268 e. The van der Waals surface area contributed by atoms with Crippen molar-refractivity contribution >= 4 is 35.4 Å². The van der Waals surface area contributed by atoms with E-state index in [1.165, 1.54) is 5.54 Å². The molecule has 2 amide bonds. The number of amides is 2. The molecule has 0 saturated heterocycles. The van der Waals surface area contributed by atoms with Crippen LogP contribution in [0.2, 0.25) is 0 Å². The first-order valence-electron chi connectivity index (χ1n) is 5.14. The Labute approximate surface area is 109 Å². The second-order valence-corrected chi connectivity index (χ2v) is 4.76. The summed E-state index contributed by atoms with van der Waals surface area (Å²) in [6.45, 7) is 1.92. The fourth-order valence-corrected chi connectivity index (χ4v) is 2.57. The van der Waals surface area contributed by atoms with E-state index in [0.717, 1.165) is 21.2 Å². The molecule has 1 aromatic carbocycles. The summed E-state index contributed by atoms with van der Waals surface area (Å²) >= 11 is 6.71. The number of rotatable bonds is 3. The van der Waals surface area contributed by atoms with Gasteiger partial charge >= 0.3 is 0 Å². The van der Waals surface area contributed by atoms with Crippen LogP contribution < -0.4 is 0 Å². The molecule has 88 valence electrons. The van der Waals surface area contributed by atoms with Gasteiger partial charge in [-0.05, 0) is 30.5 Å². The van der Waals surface area contributed by atoms with Gasteiger partial charge in [0.05, 0.1) is 11.1 Å². The summed E-state index contributed by atoms with van der Waals surface area (Å²) < 4.78 is 1.16. The van der Waals surface area contributed by atoms with Crippen molar-refractivity contribution in [3.8, 4) is 0 Å². The minimum atomic E-state index is -0.278. The Hall–Kier alpha value is -1.26. The Morgan fingerprint density at radius 3 is 2.24 bits per heavy atom. The van der Waals surface area contributed by atoms with Gasteiger partial charge in [0.1, 0.15) is 0 Å². The molecule has 0 aromatic heterocycles. The summed E-state index contributed by atoms with van der Waals surface area (Å²) in [7, 11) is 0. The van der Waals surface area contributed by atoms with Gasteiger partial charge in [-0.1, -0.05) is 30.7 Å². The van der Waals surface area contributed by atoms with E-state index in [4.69, 9.17) is 11.6 Å². The van der Waals surface area contributed by atoms with Crippen LogP contribution in [0.1, 0.15) is 34.1 Å². The molecule has 0 fully saturated rings. The monoisotopic (exact) mass is 267 g/mol. The van der Waals surface area contributed by atoms with E-state index >= 15 is 0 Å². The molecule has 0 aliphatic carbocycles. The van der Waals surface area contributed by atoms with Gasteiger partial charge in [0, 0.05) is 10.4 Å². The Kier molecular flexibility index (Phi) is 3.54. The lowest BCUT2D eigenvalue weighted by atomic mass is 10.1. The van der Waals surface area contributed by atoms with E-state index in [-0.39, 0.29) is 11.8 Å². The maximum Gasteiger partial charge on any atom is 0.272 e. The number of halogens is 1. The molecule has 0 spiro atoms. The van der Waals surface area contributed by atoms with E-state index in [1.807, 2.05) is 6.92 Å². The number of carbonyl (C=O) groups is 2. The molecular formula is C12H10ClNO2S. The molecular weight excluding hydrogens is 258 g/mol. The Morgan fingerprint density at radius 1 is 1.29 bits per heavy atom. The van der Waals surface area contributed by atoms with Crippen LogP contribution >= 0.6 is 23.5 Å². The Balaban J connectivity index is 2.30. The van der Waals surface area contributed by atoms with Crippen LogP contribution in [-0.4, -0.2) is 16.1 Å². The first-order chi connectivity index (χ1) is 8.19. The summed E-state index contributed by atoms with van der Waals surface area (Å²) in [6, 6.07) is 6.81. The lowest BCUT2D eigenvalue weighted by Crippen LogP contribution is -2.22. The quantitative estimate of drug-likeness (QED) is 0.622. The average molecular weight is 268 g/mol. The molecule has 3 nitrogen and oxygen atoms in total. The van der Waals surface area contributed by atoms with Crippen molar-refractivity contribution in [2.75, 3.05) is 0 Å². The third-order valence-electron chi connectivity index (χ3n) is 2.44. The predicted octanol–water partition coefficient (Wildman–Crippen LogP) is 3.42. The van der Waals surface area contributed by atoms with Gasteiger partial charge in [-0.2, -0.15) is 0 Å². The fourth-order valence-electron chi connectivity index (χ4n) is 1.53. The number of hydrogen-bond acceptors (Lipinski definition) is 3. The standard InChI is InChI=1S/C12H10ClNO2S/c1-2-8(7-13)17-14-11(15)9-5-3-4-6-10(9)12(14)16/h3-7H,2H2,1H3/b8-7+. The van der Waals surface area contributed by atoms with Crippen LogP contribution in [0.3, 0.4) is 0 Å². The summed E-state index contributed by atoms with van der Waals surface area (Å²) in [5.74, 6) is -0.555. The van der Waals surface area contributed by atoms with Crippen LogP contribution in [0.15, 0.2) is 34.7 Å². The molecule has 0 atom stereocenters. The predicted molar refractivity (Wildman–Crippen MR) is 68.8 cm³/mol. The van der Waals surface area contributed by atoms with E-state index < -0.39 is 0 Å². The molecule has 1 aliphatic rings. The molecule has 2 rings (SSSR count). The first-order valence-corrected chi connectivity index (χ1v) is 6.35. The van der Waals surface area contributed by atoms with Crippen molar-refractivity contribution in [1.29, 1.82) is 0 Å². The number of carbonyl (C=O) groups excluding carboxylic acids is 2. The van der Waals surface area contributed by atoms with Gasteiger partial charge < -0.3 is 0 Å². The van der Waals surface area contributed by atoms with Gasteiger partial charge in [-0.3, -0.25) is 9.59 Å². The summed E-state index contributed by atoms with van der Waals surface area (Å²) in [6.07, 6.45) is 0.682. The lowest BCUT2D eigenvalue weighted by Gasteiger charge is -2.12.